The number of likely N-dealkylation sites (tertiary alicyclic amines) is 1. The quantitative estimate of drug-likeness (QED) is 0.250. The van der Waals surface area contributed by atoms with Crippen LogP contribution in [0.25, 0.3) is 0 Å². The monoisotopic (exact) mass is 542 g/mol. The summed E-state index contributed by atoms with van der Waals surface area (Å²) in [5.74, 6) is 0.836. The molecule has 10 heteroatoms. The summed E-state index contributed by atoms with van der Waals surface area (Å²) < 4.78 is 32.8. The van der Waals surface area contributed by atoms with Crippen LogP contribution in [0.3, 0.4) is 0 Å². The molecule has 3 rings (SSSR count). The highest BCUT2D eigenvalue weighted by molar-refractivity contribution is 14.0. The summed E-state index contributed by atoms with van der Waals surface area (Å²) in [5.41, 5.74) is 0.254. The Kier molecular flexibility index (Phi) is 8.80. The Balaban J connectivity index is 0.00000280. The molecule has 2 aliphatic rings. The summed E-state index contributed by atoms with van der Waals surface area (Å²) in [6, 6.07) is 6.22. The van der Waals surface area contributed by atoms with E-state index in [2.05, 4.69) is 19.9 Å². The Hall–Kier alpha value is -0.620. The van der Waals surface area contributed by atoms with Gasteiger partial charge in [-0.1, -0.05) is 17.7 Å². The topological polar surface area (TPSA) is 83.0 Å². The summed E-state index contributed by atoms with van der Waals surface area (Å²) in [6.07, 6.45) is 2.21. The number of aliphatic imine (C=N–C) groups is 1. The lowest BCUT2D eigenvalue weighted by Crippen LogP contribution is -2.42. The van der Waals surface area contributed by atoms with Crippen molar-refractivity contribution in [2.24, 2.45) is 10.4 Å². The lowest BCUT2D eigenvalue weighted by atomic mass is 9.87. The summed E-state index contributed by atoms with van der Waals surface area (Å²) >= 11 is 5.88. The number of nitrogens with zero attached hydrogens (tertiary/aromatic N) is 2. The molecule has 0 amide bonds. The van der Waals surface area contributed by atoms with Crippen LogP contribution >= 0.6 is 35.6 Å². The molecule has 1 aromatic rings. The summed E-state index contributed by atoms with van der Waals surface area (Å²) in [4.78, 5) is 7.02. The zero-order valence-electron chi connectivity index (χ0n) is 16.0. The van der Waals surface area contributed by atoms with E-state index in [0.717, 1.165) is 51.6 Å². The van der Waals surface area contributed by atoms with Crippen molar-refractivity contribution in [2.45, 2.75) is 24.7 Å². The number of guanidine groups is 1. The number of sulfonamides is 1. The Morgan fingerprint density at radius 3 is 2.89 bits per heavy atom. The molecule has 1 aromatic carbocycles. The highest BCUT2D eigenvalue weighted by atomic mass is 127. The molecule has 0 saturated carbocycles. The van der Waals surface area contributed by atoms with Crippen molar-refractivity contribution in [2.75, 3.05) is 45.9 Å². The molecule has 2 aliphatic heterocycles. The summed E-state index contributed by atoms with van der Waals surface area (Å²) in [7, 11) is -3.58. The predicted octanol–water partition coefficient (Wildman–Crippen LogP) is 2.31. The van der Waals surface area contributed by atoms with E-state index in [0.29, 0.717) is 11.6 Å². The van der Waals surface area contributed by atoms with Crippen LogP contribution in [0.2, 0.25) is 5.02 Å². The fraction of sp³-hybridized carbons (Fsp3) is 0.611. The minimum absolute atomic E-state index is 0. The molecule has 0 bridgehead atoms. The molecule has 0 radical (unpaired) electrons. The predicted molar refractivity (Wildman–Crippen MR) is 122 cm³/mol. The third kappa shape index (κ3) is 5.94. The van der Waals surface area contributed by atoms with Crippen LogP contribution in [0.1, 0.15) is 19.8 Å². The highest BCUT2D eigenvalue weighted by Crippen LogP contribution is 2.38. The van der Waals surface area contributed by atoms with E-state index >= 15 is 0 Å². The first-order chi connectivity index (χ1) is 12.9. The van der Waals surface area contributed by atoms with E-state index in [1.54, 1.807) is 12.1 Å². The van der Waals surface area contributed by atoms with Crippen molar-refractivity contribution in [3.8, 4) is 0 Å². The van der Waals surface area contributed by atoms with E-state index in [9.17, 15) is 8.42 Å². The van der Waals surface area contributed by atoms with E-state index in [-0.39, 0.29) is 40.8 Å². The van der Waals surface area contributed by atoms with Gasteiger partial charge in [-0.15, -0.1) is 24.0 Å². The van der Waals surface area contributed by atoms with Gasteiger partial charge in [0.25, 0.3) is 0 Å². The van der Waals surface area contributed by atoms with Crippen LogP contribution in [-0.4, -0.2) is 65.2 Å². The number of hydrogen-bond acceptors (Lipinski definition) is 4. The van der Waals surface area contributed by atoms with Gasteiger partial charge in [-0.25, -0.2) is 13.1 Å². The third-order valence-electron chi connectivity index (χ3n) is 5.03. The number of halogens is 2. The number of benzene rings is 1. The van der Waals surface area contributed by atoms with Gasteiger partial charge in [0.2, 0.25) is 10.0 Å². The molecule has 158 valence electrons. The molecular formula is C18H28ClIN4O3S. The molecule has 1 unspecified atom stereocenters. The number of rotatable bonds is 6. The van der Waals surface area contributed by atoms with E-state index in [1.807, 2.05) is 6.92 Å². The van der Waals surface area contributed by atoms with Crippen LogP contribution in [0.15, 0.2) is 34.2 Å². The van der Waals surface area contributed by atoms with Gasteiger partial charge in [0.1, 0.15) is 0 Å². The number of ether oxygens (including phenoxy) is 1. The molecule has 2 saturated heterocycles. The molecule has 2 N–H and O–H groups in total. The lowest BCUT2D eigenvalue weighted by molar-refractivity contribution is 0.156. The smallest absolute Gasteiger partial charge is 0.240 e. The molecule has 1 atom stereocenters. The Bertz CT molecular complexity index is 785. The van der Waals surface area contributed by atoms with Crippen molar-refractivity contribution >= 4 is 51.6 Å². The summed E-state index contributed by atoms with van der Waals surface area (Å²) in [5, 5.41) is 3.70. The number of hydrogen-bond donors (Lipinski definition) is 2. The van der Waals surface area contributed by atoms with Crippen molar-refractivity contribution in [3.63, 3.8) is 0 Å². The van der Waals surface area contributed by atoms with Gasteiger partial charge in [-0.2, -0.15) is 0 Å². The minimum atomic E-state index is -3.58. The average molecular weight is 543 g/mol. The standard InChI is InChI=1S/C18H27ClN4O3S.HI/c1-2-20-17(23-10-6-18(13-23)7-11-26-14-18)21-8-9-22-27(24,25)16-5-3-4-15(19)12-16;/h3-5,12,22H,2,6-11,13-14H2,1H3,(H,20,21);1H. The van der Waals surface area contributed by atoms with Gasteiger partial charge in [0.05, 0.1) is 18.0 Å². The molecule has 0 aliphatic carbocycles. The molecule has 0 aromatic heterocycles. The van der Waals surface area contributed by atoms with Crippen LogP contribution in [0, 0.1) is 5.41 Å². The fourth-order valence-electron chi connectivity index (χ4n) is 3.57. The second-order valence-corrected chi connectivity index (χ2v) is 9.27. The first kappa shape index (κ1) is 23.7. The molecule has 1 spiro atoms. The van der Waals surface area contributed by atoms with Gasteiger partial charge in [-0.05, 0) is 38.0 Å². The average Bonchev–Trinajstić information content (AvgIpc) is 3.28. The maximum Gasteiger partial charge on any atom is 0.240 e. The van der Waals surface area contributed by atoms with Gasteiger partial charge in [0.15, 0.2) is 5.96 Å². The maximum absolute atomic E-state index is 12.3. The van der Waals surface area contributed by atoms with E-state index < -0.39 is 10.0 Å². The van der Waals surface area contributed by atoms with Crippen molar-refractivity contribution in [1.29, 1.82) is 0 Å². The van der Waals surface area contributed by atoms with E-state index in [1.165, 1.54) is 12.1 Å². The summed E-state index contributed by atoms with van der Waals surface area (Å²) in [6.45, 7) is 6.94. The Labute approximate surface area is 189 Å². The molecule has 2 heterocycles. The van der Waals surface area contributed by atoms with E-state index in [4.69, 9.17) is 16.3 Å². The van der Waals surface area contributed by atoms with Crippen molar-refractivity contribution in [3.05, 3.63) is 29.3 Å². The van der Waals surface area contributed by atoms with Crippen molar-refractivity contribution in [1.82, 2.24) is 14.9 Å². The molecule has 7 nitrogen and oxygen atoms in total. The first-order valence-corrected chi connectivity index (χ1v) is 11.2. The van der Waals surface area contributed by atoms with Crippen molar-refractivity contribution < 1.29 is 13.2 Å². The van der Waals surface area contributed by atoms with Crippen LogP contribution in [0.4, 0.5) is 0 Å². The fourth-order valence-corrected chi connectivity index (χ4v) is 4.89. The zero-order valence-corrected chi connectivity index (χ0v) is 19.9. The number of nitrogens with one attached hydrogen (secondary N) is 2. The Morgan fingerprint density at radius 1 is 1.39 bits per heavy atom. The third-order valence-corrected chi connectivity index (χ3v) is 6.72. The molecular weight excluding hydrogens is 515 g/mol. The zero-order chi connectivity index (χ0) is 19.3. The highest BCUT2D eigenvalue weighted by Gasteiger charge is 2.42. The minimum Gasteiger partial charge on any atom is -0.381 e. The maximum atomic E-state index is 12.3. The molecule has 2 fully saturated rings. The van der Waals surface area contributed by atoms with Gasteiger partial charge in [0, 0.05) is 43.2 Å². The van der Waals surface area contributed by atoms with Gasteiger partial charge < -0.3 is 15.0 Å². The SMILES string of the molecule is CCNC(=NCCNS(=O)(=O)c1cccc(Cl)c1)N1CCC2(CCOC2)C1.I. The van der Waals surface area contributed by atoms with Crippen LogP contribution < -0.4 is 10.0 Å². The second kappa shape index (κ2) is 10.4. The van der Waals surface area contributed by atoms with Crippen LogP contribution in [-0.2, 0) is 14.8 Å². The first-order valence-electron chi connectivity index (χ1n) is 9.30. The van der Waals surface area contributed by atoms with Gasteiger partial charge in [-0.3, -0.25) is 4.99 Å². The largest absolute Gasteiger partial charge is 0.381 e. The van der Waals surface area contributed by atoms with Crippen LogP contribution in [0.5, 0.6) is 0 Å². The second-order valence-electron chi connectivity index (χ2n) is 7.06. The van der Waals surface area contributed by atoms with Gasteiger partial charge >= 0.3 is 0 Å². The lowest BCUT2D eigenvalue weighted by Gasteiger charge is -2.25. The molecule has 28 heavy (non-hydrogen) atoms. The Morgan fingerprint density at radius 2 is 2.21 bits per heavy atom. The normalized spacial score (nSPS) is 22.5.